The summed E-state index contributed by atoms with van der Waals surface area (Å²) in [6.45, 7) is 10.3. The third-order valence-corrected chi connectivity index (χ3v) is 4.53. The fourth-order valence-corrected chi connectivity index (χ4v) is 2.82. The molecular formula is C23H26O2. The van der Waals surface area contributed by atoms with Crippen molar-refractivity contribution >= 4 is 17.6 Å². The molecule has 0 saturated carbocycles. The molecule has 0 amide bonds. The summed E-state index contributed by atoms with van der Waals surface area (Å²) < 4.78 is 5.38. The first-order chi connectivity index (χ1) is 12.0. The minimum absolute atomic E-state index is 0.211. The van der Waals surface area contributed by atoms with E-state index in [4.69, 9.17) is 4.74 Å². The maximum atomic E-state index is 12.8. The third-order valence-electron chi connectivity index (χ3n) is 4.53. The van der Waals surface area contributed by atoms with E-state index in [0.717, 1.165) is 22.3 Å². The van der Waals surface area contributed by atoms with Gasteiger partial charge in [-0.3, -0.25) is 4.79 Å². The second-order valence-corrected chi connectivity index (χ2v) is 6.44. The summed E-state index contributed by atoms with van der Waals surface area (Å²) in [6, 6.07) is 20.0. The van der Waals surface area contributed by atoms with Gasteiger partial charge in [0.15, 0.2) is 0 Å². The minimum atomic E-state index is -0.751. The second kappa shape index (κ2) is 8.48. The van der Waals surface area contributed by atoms with Crippen LogP contribution >= 0.6 is 0 Å². The van der Waals surface area contributed by atoms with Gasteiger partial charge in [0.25, 0.3) is 0 Å². The lowest BCUT2D eigenvalue weighted by Gasteiger charge is -2.29. The molecule has 0 aliphatic rings. The van der Waals surface area contributed by atoms with Crippen LogP contribution in [0.3, 0.4) is 0 Å². The van der Waals surface area contributed by atoms with Gasteiger partial charge in [-0.15, -0.1) is 0 Å². The molecule has 0 spiro atoms. The molecule has 2 heteroatoms. The van der Waals surface area contributed by atoms with Crippen LogP contribution in [0.25, 0.3) is 11.6 Å². The maximum absolute atomic E-state index is 12.8. The zero-order valence-electron chi connectivity index (χ0n) is 15.3. The highest BCUT2D eigenvalue weighted by atomic mass is 16.5. The quantitative estimate of drug-likeness (QED) is 0.601. The van der Waals surface area contributed by atoms with Crippen LogP contribution in [0.5, 0.6) is 0 Å². The van der Waals surface area contributed by atoms with Gasteiger partial charge in [-0.05, 0) is 43.9 Å². The molecule has 2 aromatic rings. The van der Waals surface area contributed by atoms with Crippen LogP contribution in [0.15, 0.2) is 72.8 Å². The zero-order valence-corrected chi connectivity index (χ0v) is 15.3. The Hall–Kier alpha value is -2.61. The van der Waals surface area contributed by atoms with Crippen LogP contribution in [0, 0.1) is 5.41 Å². The second-order valence-electron chi connectivity index (χ2n) is 6.44. The van der Waals surface area contributed by atoms with Crippen molar-refractivity contribution in [3.8, 4) is 0 Å². The highest BCUT2D eigenvalue weighted by molar-refractivity contribution is 5.85. The van der Waals surface area contributed by atoms with Crippen LogP contribution in [0.4, 0.5) is 0 Å². The average Bonchev–Trinajstić information content (AvgIpc) is 2.63. The molecule has 2 rings (SSSR count). The molecule has 2 nitrogen and oxygen atoms in total. The Bertz CT molecular complexity index is 744. The number of benzene rings is 2. The molecule has 0 aromatic heterocycles. The smallest absolute Gasteiger partial charge is 0.316 e. The highest BCUT2D eigenvalue weighted by Gasteiger charge is 2.37. The Kier molecular flexibility index (Phi) is 6.35. The van der Waals surface area contributed by atoms with Gasteiger partial charge in [0, 0.05) is 0 Å². The molecule has 0 bridgehead atoms. The lowest BCUT2D eigenvalue weighted by Crippen LogP contribution is -2.31. The Morgan fingerprint density at radius 1 is 1.08 bits per heavy atom. The first-order valence-corrected chi connectivity index (χ1v) is 8.61. The lowest BCUT2D eigenvalue weighted by molar-refractivity contribution is -0.151. The fourth-order valence-electron chi connectivity index (χ4n) is 2.82. The number of carbonyl (C=O) groups is 1. The maximum Gasteiger partial charge on any atom is 0.316 e. The normalized spacial score (nSPS) is 13.8. The van der Waals surface area contributed by atoms with Crippen molar-refractivity contribution in [3.05, 3.63) is 83.9 Å². The summed E-state index contributed by atoms with van der Waals surface area (Å²) in [5, 5.41) is 0. The first kappa shape index (κ1) is 18.7. The lowest BCUT2D eigenvalue weighted by atomic mass is 9.75. The van der Waals surface area contributed by atoms with E-state index in [1.54, 1.807) is 0 Å². The van der Waals surface area contributed by atoms with Gasteiger partial charge in [-0.1, -0.05) is 78.9 Å². The molecule has 0 fully saturated rings. The Labute approximate surface area is 150 Å². The molecule has 130 valence electrons. The van der Waals surface area contributed by atoms with E-state index < -0.39 is 5.41 Å². The summed E-state index contributed by atoms with van der Waals surface area (Å²) in [5.41, 5.74) is 3.26. The molecule has 2 aromatic carbocycles. The number of rotatable bonds is 7. The monoisotopic (exact) mass is 334 g/mol. The highest BCUT2D eigenvalue weighted by Crippen LogP contribution is 2.38. The summed E-state index contributed by atoms with van der Waals surface area (Å²) >= 11 is 0. The van der Waals surface area contributed by atoms with Gasteiger partial charge in [-0.25, -0.2) is 0 Å². The van der Waals surface area contributed by atoms with Gasteiger partial charge < -0.3 is 4.74 Å². The van der Waals surface area contributed by atoms with Crippen molar-refractivity contribution in [3.63, 3.8) is 0 Å². The third kappa shape index (κ3) is 4.69. The van der Waals surface area contributed by atoms with E-state index in [1.165, 1.54) is 0 Å². The summed E-state index contributed by atoms with van der Waals surface area (Å²) in [4.78, 5) is 12.8. The number of esters is 1. The molecular weight excluding hydrogens is 308 g/mol. The van der Waals surface area contributed by atoms with Gasteiger partial charge in [0.05, 0.1) is 12.0 Å². The summed E-state index contributed by atoms with van der Waals surface area (Å²) in [7, 11) is 0. The van der Waals surface area contributed by atoms with E-state index in [2.05, 4.69) is 12.7 Å². The largest absolute Gasteiger partial charge is 0.465 e. The zero-order chi connectivity index (χ0) is 18.3. The molecule has 0 N–H and O–H groups in total. The van der Waals surface area contributed by atoms with Gasteiger partial charge in [-0.2, -0.15) is 0 Å². The Balaban J connectivity index is 2.35. The van der Waals surface area contributed by atoms with Gasteiger partial charge in [0.2, 0.25) is 0 Å². The van der Waals surface area contributed by atoms with Crippen molar-refractivity contribution in [1.82, 2.24) is 0 Å². The number of hydrogen-bond donors (Lipinski definition) is 0. The summed E-state index contributed by atoms with van der Waals surface area (Å²) in [5.74, 6) is -0.211. The molecule has 1 unspecified atom stereocenters. The van der Waals surface area contributed by atoms with Crippen molar-refractivity contribution in [2.75, 3.05) is 6.61 Å². The van der Waals surface area contributed by atoms with Crippen LogP contribution in [0.1, 0.15) is 38.3 Å². The fraction of sp³-hybridized carbons (Fsp3) is 0.261. The van der Waals surface area contributed by atoms with E-state index >= 15 is 0 Å². The Morgan fingerprint density at radius 2 is 1.64 bits per heavy atom. The minimum Gasteiger partial charge on any atom is -0.465 e. The number of ether oxygens (including phenoxy) is 1. The summed E-state index contributed by atoms with van der Waals surface area (Å²) in [6.07, 6.45) is 2.57. The number of carbonyl (C=O) groups excluding carboxylic acids is 1. The molecule has 0 aliphatic carbocycles. The molecule has 0 heterocycles. The van der Waals surface area contributed by atoms with E-state index in [1.807, 2.05) is 81.4 Å². The van der Waals surface area contributed by atoms with Crippen LogP contribution < -0.4 is 0 Å². The predicted octanol–water partition coefficient (Wildman–Crippen LogP) is 5.76. The van der Waals surface area contributed by atoms with Crippen LogP contribution in [0.2, 0.25) is 0 Å². The molecule has 25 heavy (non-hydrogen) atoms. The molecule has 1 atom stereocenters. The van der Waals surface area contributed by atoms with Crippen molar-refractivity contribution < 1.29 is 9.53 Å². The van der Waals surface area contributed by atoms with Crippen LogP contribution in [-0.4, -0.2) is 12.6 Å². The topological polar surface area (TPSA) is 26.3 Å². The Morgan fingerprint density at radius 3 is 2.20 bits per heavy atom. The van der Waals surface area contributed by atoms with Gasteiger partial charge >= 0.3 is 5.97 Å². The van der Waals surface area contributed by atoms with Crippen molar-refractivity contribution in [1.29, 1.82) is 0 Å². The molecule has 0 radical (unpaired) electrons. The number of allylic oxidation sites excluding steroid dienone is 1. The molecule has 0 saturated heterocycles. The standard InChI is InChI=1S/C23H26O2/c1-5-25-22(24)23(4,17-18(2)21-14-10-7-11-15-21)19(3)16-20-12-8-6-9-13-20/h6-16H,2,5,17H2,1,3-4H3/b19-16-. The van der Waals surface area contributed by atoms with E-state index in [-0.39, 0.29) is 5.97 Å². The predicted molar refractivity (Wildman–Crippen MR) is 105 cm³/mol. The SMILES string of the molecule is C=C(CC(C)(C(=O)OCC)/C(C)=C\c1ccccc1)c1ccccc1. The average molecular weight is 334 g/mol. The van der Waals surface area contributed by atoms with E-state index in [0.29, 0.717) is 13.0 Å². The molecule has 0 aliphatic heterocycles. The number of hydrogen-bond acceptors (Lipinski definition) is 2. The van der Waals surface area contributed by atoms with Crippen molar-refractivity contribution in [2.45, 2.75) is 27.2 Å². The van der Waals surface area contributed by atoms with Crippen molar-refractivity contribution in [2.24, 2.45) is 5.41 Å². The van der Waals surface area contributed by atoms with Gasteiger partial charge in [0.1, 0.15) is 0 Å². The van der Waals surface area contributed by atoms with Crippen LogP contribution in [-0.2, 0) is 9.53 Å². The van der Waals surface area contributed by atoms with E-state index in [9.17, 15) is 4.79 Å². The first-order valence-electron chi connectivity index (χ1n) is 8.61.